The lowest BCUT2D eigenvalue weighted by molar-refractivity contribution is 0.403. The SMILES string of the molecule is CNC(c1ccc(C)cc1F)c1cc(F)ccc1OC. The zero-order valence-electron chi connectivity index (χ0n) is 11.7. The Bertz CT molecular complexity index is 613. The number of hydrogen-bond acceptors (Lipinski definition) is 2. The van der Waals surface area contributed by atoms with E-state index in [0.717, 1.165) is 5.56 Å². The summed E-state index contributed by atoms with van der Waals surface area (Å²) in [6.07, 6.45) is 0. The fourth-order valence-corrected chi connectivity index (χ4v) is 2.28. The van der Waals surface area contributed by atoms with E-state index in [1.807, 2.05) is 13.0 Å². The van der Waals surface area contributed by atoms with Gasteiger partial charge >= 0.3 is 0 Å². The molecule has 1 atom stereocenters. The summed E-state index contributed by atoms with van der Waals surface area (Å²) in [5.74, 6) is -0.185. The van der Waals surface area contributed by atoms with Crippen LogP contribution in [0, 0.1) is 18.6 Å². The molecule has 2 aromatic rings. The molecule has 106 valence electrons. The first-order chi connectivity index (χ1) is 9.56. The molecule has 4 heteroatoms. The van der Waals surface area contributed by atoms with Crippen LogP contribution in [0.15, 0.2) is 36.4 Å². The summed E-state index contributed by atoms with van der Waals surface area (Å²) in [4.78, 5) is 0. The summed E-state index contributed by atoms with van der Waals surface area (Å²) in [6, 6.07) is 8.75. The van der Waals surface area contributed by atoms with Crippen LogP contribution in [0.25, 0.3) is 0 Å². The predicted octanol–water partition coefficient (Wildman–Crippen LogP) is 3.59. The largest absolute Gasteiger partial charge is 0.496 e. The Morgan fingerprint density at radius 2 is 1.80 bits per heavy atom. The van der Waals surface area contributed by atoms with Gasteiger partial charge in [-0.3, -0.25) is 0 Å². The molecule has 0 amide bonds. The zero-order chi connectivity index (χ0) is 14.7. The Labute approximate surface area is 117 Å². The van der Waals surface area contributed by atoms with Crippen molar-refractivity contribution in [1.82, 2.24) is 5.32 Å². The number of nitrogens with one attached hydrogen (secondary N) is 1. The van der Waals surface area contributed by atoms with Crippen molar-refractivity contribution < 1.29 is 13.5 Å². The fourth-order valence-electron chi connectivity index (χ4n) is 2.28. The number of rotatable bonds is 4. The number of methoxy groups -OCH3 is 1. The van der Waals surface area contributed by atoms with Gasteiger partial charge in [-0.25, -0.2) is 8.78 Å². The molecule has 0 saturated heterocycles. The lowest BCUT2D eigenvalue weighted by Gasteiger charge is -2.20. The number of aryl methyl sites for hydroxylation is 1. The molecule has 0 spiro atoms. The van der Waals surface area contributed by atoms with Crippen molar-refractivity contribution in [2.75, 3.05) is 14.2 Å². The van der Waals surface area contributed by atoms with E-state index in [4.69, 9.17) is 4.74 Å². The predicted molar refractivity (Wildman–Crippen MR) is 75.0 cm³/mol. The minimum atomic E-state index is -0.471. The van der Waals surface area contributed by atoms with Crippen molar-refractivity contribution in [3.63, 3.8) is 0 Å². The van der Waals surface area contributed by atoms with Gasteiger partial charge in [-0.15, -0.1) is 0 Å². The summed E-state index contributed by atoms with van der Waals surface area (Å²) in [7, 11) is 3.21. The second-order valence-electron chi connectivity index (χ2n) is 4.63. The number of halogens is 2. The molecule has 0 aliphatic heterocycles. The third-order valence-corrected chi connectivity index (χ3v) is 3.26. The van der Waals surface area contributed by atoms with Gasteiger partial charge in [0, 0.05) is 11.1 Å². The lowest BCUT2D eigenvalue weighted by Crippen LogP contribution is -2.20. The minimum Gasteiger partial charge on any atom is -0.496 e. The van der Waals surface area contributed by atoms with Crippen molar-refractivity contribution >= 4 is 0 Å². The molecule has 1 unspecified atom stereocenters. The number of hydrogen-bond donors (Lipinski definition) is 1. The molecule has 0 saturated carbocycles. The number of ether oxygens (including phenoxy) is 1. The van der Waals surface area contributed by atoms with Crippen LogP contribution >= 0.6 is 0 Å². The molecule has 2 nitrogen and oxygen atoms in total. The summed E-state index contributed by atoms with van der Waals surface area (Å²) in [5, 5.41) is 3.01. The zero-order valence-corrected chi connectivity index (χ0v) is 11.7. The molecular weight excluding hydrogens is 260 g/mol. The molecule has 0 radical (unpaired) electrons. The van der Waals surface area contributed by atoms with Crippen LogP contribution in [-0.4, -0.2) is 14.2 Å². The summed E-state index contributed by atoms with van der Waals surface area (Å²) < 4.78 is 32.9. The molecular formula is C16H17F2NO. The third-order valence-electron chi connectivity index (χ3n) is 3.26. The first-order valence-corrected chi connectivity index (χ1v) is 6.33. The van der Waals surface area contributed by atoms with Crippen LogP contribution in [0.1, 0.15) is 22.7 Å². The maximum absolute atomic E-state index is 14.1. The monoisotopic (exact) mass is 277 g/mol. The van der Waals surface area contributed by atoms with Crippen LogP contribution < -0.4 is 10.1 Å². The average Bonchev–Trinajstić information content (AvgIpc) is 2.42. The Morgan fingerprint density at radius 1 is 1.05 bits per heavy atom. The van der Waals surface area contributed by atoms with E-state index in [2.05, 4.69) is 5.32 Å². The highest BCUT2D eigenvalue weighted by Crippen LogP contribution is 2.32. The first kappa shape index (κ1) is 14.5. The Balaban J connectivity index is 2.54. The third kappa shape index (κ3) is 2.80. The maximum Gasteiger partial charge on any atom is 0.128 e. The highest BCUT2D eigenvalue weighted by molar-refractivity contribution is 5.42. The average molecular weight is 277 g/mol. The van der Waals surface area contributed by atoms with E-state index in [0.29, 0.717) is 16.9 Å². The van der Waals surface area contributed by atoms with Gasteiger partial charge in [0.2, 0.25) is 0 Å². The van der Waals surface area contributed by atoms with Crippen LogP contribution in [0.2, 0.25) is 0 Å². The topological polar surface area (TPSA) is 21.3 Å². The van der Waals surface area contributed by atoms with Gasteiger partial charge in [-0.05, 0) is 43.8 Å². The molecule has 0 aliphatic carbocycles. The highest BCUT2D eigenvalue weighted by atomic mass is 19.1. The fraction of sp³-hybridized carbons (Fsp3) is 0.250. The normalized spacial score (nSPS) is 12.2. The van der Waals surface area contributed by atoms with Gasteiger partial charge in [0.15, 0.2) is 0 Å². The smallest absolute Gasteiger partial charge is 0.128 e. The van der Waals surface area contributed by atoms with Gasteiger partial charge in [0.25, 0.3) is 0 Å². The molecule has 0 aliphatic rings. The van der Waals surface area contributed by atoms with Gasteiger partial charge in [0.05, 0.1) is 13.2 Å². The molecule has 0 bridgehead atoms. The van der Waals surface area contributed by atoms with Gasteiger partial charge in [0.1, 0.15) is 17.4 Å². The molecule has 2 aromatic carbocycles. The van der Waals surface area contributed by atoms with Gasteiger partial charge in [-0.1, -0.05) is 12.1 Å². The van der Waals surface area contributed by atoms with Crippen LogP contribution in [-0.2, 0) is 0 Å². The van der Waals surface area contributed by atoms with Gasteiger partial charge in [-0.2, -0.15) is 0 Å². The summed E-state index contributed by atoms with van der Waals surface area (Å²) in [6.45, 7) is 1.82. The van der Waals surface area contributed by atoms with E-state index in [-0.39, 0.29) is 11.6 Å². The molecule has 0 fully saturated rings. The van der Waals surface area contributed by atoms with Crippen molar-refractivity contribution in [1.29, 1.82) is 0 Å². The first-order valence-electron chi connectivity index (χ1n) is 6.33. The van der Waals surface area contributed by atoms with E-state index >= 15 is 0 Å². The molecule has 0 heterocycles. The standard InChI is InChI=1S/C16H17F2NO/c1-10-4-6-12(14(18)8-10)16(19-2)13-9-11(17)5-7-15(13)20-3/h4-9,16,19H,1-3H3. The van der Waals surface area contributed by atoms with E-state index in [1.165, 1.54) is 25.3 Å². The molecule has 1 N–H and O–H groups in total. The van der Waals surface area contributed by atoms with E-state index in [1.54, 1.807) is 19.2 Å². The van der Waals surface area contributed by atoms with Crippen molar-refractivity contribution in [2.24, 2.45) is 0 Å². The second kappa shape index (κ2) is 6.01. The summed E-state index contributed by atoms with van der Waals surface area (Å²) in [5.41, 5.74) is 1.87. The van der Waals surface area contributed by atoms with E-state index in [9.17, 15) is 8.78 Å². The van der Waals surface area contributed by atoms with E-state index < -0.39 is 6.04 Å². The lowest BCUT2D eigenvalue weighted by atomic mass is 9.96. The summed E-state index contributed by atoms with van der Waals surface area (Å²) >= 11 is 0. The number of benzene rings is 2. The minimum absolute atomic E-state index is 0.323. The van der Waals surface area contributed by atoms with Crippen molar-refractivity contribution in [3.8, 4) is 5.75 Å². The molecule has 20 heavy (non-hydrogen) atoms. The Hall–Kier alpha value is -1.94. The van der Waals surface area contributed by atoms with Crippen LogP contribution in [0.4, 0.5) is 8.78 Å². The Morgan fingerprint density at radius 3 is 2.40 bits per heavy atom. The molecule has 2 rings (SSSR count). The van der Waals surface area contributed by atoms with Crippen molar-refractivity contribution in [3.05, 3.63) is 64.7 Å². The highest BCUT2D eigenvalue weighted by Gasteiger charge is 2.20. The quantitative estimate of drug-likeness (QED) is 0.922. The second-order valence-corrected chi connectivity index (χ2v) is 4.63. The Kier molecular flexibility index (Phi) is 4.35. The van der Waals surface area contributed by atoms with Crippen molar-refractivity contribution in [2.45, 2.75) is 13.0 Å². The molecule has 0 aromatic heterocycles. The van der Waals surface area contributed by atoms with Crippen LogP contribution in [0.3, 0.4) is 0 Å². The van der Waals surface area contributed by atoms with Crippen LogP contribution in [0.5, 0.6) is 5.75 Å². The maximum atomic E-state index is 14.1. The van der Waals surface area contributed by atoms with Gasteiger partial charge < -0.3 is 10.1 Å².